The quantitative estimate of drug-likeness (QED) is 0.457. The molecule has 4 aromatic rings. The van der Waals surface area contributed by atoms with Gasteiger partial charge in [-0.05, 0) is 18.2 Å². The van der Waals surface area contributed by atoms with Crippen LogP contribution in [0.1, 0.15) is 37.8 Å². The van der Waals surface area contributed by atoms with Crippen LogP contribution < -0.4 is 15.4 Å². The summed E-state index contributed by atoms with van der Waals surface area (Å²) in [5.41, 5.74) is 2.26. The Labute approximate surface area is 188 Å². The molecular weight excluding hydrogens is 432 g/mol. The summed E-state index contributed by atoms with van der Waals surface area (Å²) in [5, 5.41) is 11.0. The van der Waals surface area contributed by atoms with E-state index in [0.29, 0.717) is 52.2 Å². The molecule has 9 nitrogen and oxygen atoms in total. The van der Waals surface area contributed by atoms with Gasteiger partial charge in [-0.25, -0.2) is 14.8 Å². The van der Waals surface area contributed by atoms with E-state index in [4.69, 9.17) is 20.9 Å². The Morgan fingerprint density at radius 2 is 2.09 bits per heavy atom. The highest BCUT2D eigenvalue weighted by Gasteiger charge is 2.22. The van der Waals surface area contributed by atoms with E-state index in [2.05, 4.69) is 25.8 Å². The topological polar surface area (TPSA) is 107 Å². The van der Waals surface area contributed by atoms with E-state index < -0.39 is 0 Å². The third-order valence-corrected chi connectivity index (χ3v) is 5.66. The molecule has 0 aliphatic carbocycles. The normalized spacial score (nSPS) is 13.4. The molecule has 5 rings (SSSR count). The highest BCUT2D eigenvalue weighted by atomic mass is 35.5. The zero-order valence-electron chi connectivity index (χ0n) is 17.8. The first-order valence-corrected chi connectivity index (χ1v) is 10.5. The van der Waals surface area contributed by atoms with Gasteiger partial charge >= 0.3 is 6.03 Å². The molecule has 1 aromatic carbocycles. The van der Waals surface area contributed by atoms with Gasteiger partial charge in [0.1, 0.15) is 17.8 Å². The van der Waals surface area contributed by atoms with Crippen molar-refractivity contribution in [3.63, 3.8) is 0 Å². The first-order chi connectivity index (χ1) is 15.3. The van der Waals surface area contributed by atoms with E-state index in [1.165, 1.54) is 10.9 Å². The SMILES string of the molecule is CC(C)(C)c1cc(NC(=O)n2ccc3c(Cl)c(Oc4ncnc5c4CNC5)ccc32)no1. The first kappa shape index (κ1) is 20.5. The number of benzene rings is 1. The standard InChI is InChI=1S/C22H21ClN6O3/c1-22(2,3)17-8-18(28-32-17)27-21(30)29-7-6-12-15(29)4-5-16(19(12)23)31-20-13-9-24-10-14(13)25-11-26-20/h4-8,11,24H,9-10H2,1-3H3,(H,27,28,30). The third-order valence-electron chi connectivity index (χ3n) is 5.27. The average molecular weight is 453 g/mol. The summed E-state index contributed by atoms with van der Waals surface area (Å²) in [6.07, 6.45) is 3.12. The Bertz CT molecular complexity index is 1340. The van der Waals surface area contributed by atoms with Crippen LogP contribution in [-0.2, 0) is 18.5 Å². The molecule has 0 saturated carbocycles. The Kier molecular flexibility index (Phi) is 4.87. The van der Waals surface area contributed by atoms with Gasteiger partial charge in [0.15, 0.2) is 5.82 Å². The van der Waals surface area contributed by atoms with Gasteiger partial charge in [0.05, 0.1) is 21.8 Å². The molecule has 0 radical (unpaired) electrons. The number of carbonyl (C=O) groups excluding carboxylic acids is 1. The Morgan fingerprint density at radius 3 is 2.88 bits per heavy atom. The van der Waals surface area contributed by atoms with Gasteiger partial charge in [0.25, 0.3) is 0 Å². The molecule has 0 fully saturated rings. The Balaban J connectivity index is 1.41. The number of nitrogens with one attached hydrogen (secondary N) is 2. The van der Waals surface area contributed by atoms with E-state index in [9.17, 15) is 4.79 Å². The van der Waals surface area contributed by atoms with E-state index >= 15 is 0 Å². The lowest BCUT2D eigenvalue weighted by molar-refractivity contribution is 0.254. The number of halogens is 1. The fourth-order valence-electron chi connectivity index (χ4n) is 3.53. The van der Waals surface area contributed by atoms with E-state index in [-0.39, 0.29) is 11.4 Å². The van der Waals surface area contributed by atoms with Crippen LogP contribution in [0.5, 0.6) is 11.6 Å². The van der Waals surface area contributed by atoms with Crippen LogP contribution in [0, 0.1) is 0 Å². The fourth-order valence-corrected chi connectivity index (χ4v) is 3.79. The van der Waals surface area contributed by atoms with Crippen molar-refractivity contribution in [2.24, 2.45) is 0 Å². The van der Waals surface area contributed by atoms with Gasteiger partial charge in [-0.15, -0.1) is 0 Å². The minimum atomic E-state index is -0.377. The van der Waals surface area contributed by atoms with Gasteiger partial charge in [0.2, 0.25) is 5.88 Å². The lowest BCUT2D eigenvalue weighted by atomic mass is 9.93. The monoisotopic (exact) mass is 452 g/mol. The zero-order chi connectivity index (χ0) is 22.5. The molecule has 4 heterocycles. The number of ether oxygens (including phenoxy) is 1. The molecule has 3 aromatic heterocycles. The molecule has 1 aliphatic rings. The van der Waals surface area contributed by atoms with Crippen molar-refractivity contribution in [1.29, 1.82) is 0 Å². The molecule has 0 atom stereocenters. The van der Waals surface area contributed by atoms with Gasteiger partial charge in [-0.3, -0.25) is 9.88 Å². The second kappa shape index (κ2) is 7.61. The molecule has 1 amide bonds. The highest BCUT2D eigenvalue weighted by Crippen LogP contribution is 2.37. The van der Waals surface area contributed by atoms with E-state index in [1.54, 1.807) is 30.5 Å². The Hall–Kier alpha value is -3.43. The molecule has 0 saturated heterocycles. The van der Waals surface area contributed by atoms with Crippen LogP contribution in [0.4, 0.5) is 10.6 Å². The first-order valence-electron chi connectivity index (χ1n) is 10.1. The summed E-state index contributed by atoms with van der Waals surface area (Å²) < 4.78 is 12.8. The predicted octanol–water partition coefficient (Wildman–Crippen LogP) is 4.85. The molecule has 1 aliphatic heterocycles. The molecule has 2 N–H and O–H groups in total. The highest BCUT2D eigenvalue weighted by molar-refractivity contribution is 6.37. The summed E-state index contributed by atoms with van der Waals surface area (Å²) in [6.45, 7) is 7.34. The van der Waals surface area contributed by atoms with Crippen LogP contribution in [0.25, 0.3) is 10.9 Å². The van der Waals surface area contributed by atoms with Crippen molar-refractivity contribution < 1.29 is 14.1 Å². The third kappa shape index (κ3) is 3.59. The maximum Gasteiger partial charge on any atom is 0.331 e. The molecule has 10 heteroatoms. The van der Waals surface area contributed by atoms with Crippen LogP contribution in [0.15, 0.2) is 41.3 Å². The molecule has 0 unspecified atom stereocenters. The van der Waals surface area contributed by atoms with Gasteiger partial charge < -0.3 is 14.6 Å². The number of nitrogens with zero attached hydrogens (tertiary/aromatic N) is 4. The molecule has 164 valence electrons. The van der Waals surface area contributed by atoms with Crippen molar-refractivity contribution >= 4 is 34.4 Å². The number of hydrogen-bond donors (Lipinski definition) is 2. The van der Waals surface area contributed by atoms with Crippen LogP contribution in [-0.4, -0.2) is 25.7 Å². The van der Waals surface area contributed by atoms with Crippen molar-refractivity contribution in [2.45, 2.75) is 39.3 Å². The summed E-state index contributed by atoms with van der Waals surface area (Å²) in [6, 6.07) is 6.60. The lowest BCUT2D eigenvalue weighted by Gasteiger charge is -2.12. The van der Waals surface area contributed by atoms with Crippen LogP contribution in [0.3, 0.4) is 0 Å². The number of amides is 1. The smallest absolute Gasteiger partial charge is 0.331 e. The second-order valence-corrected chi connectivity index (χ2v) is 8.94. The number of carbonyl (C=O) groups is 1. The van der Waals surface area contributed by atoms with E-state index in [0.717, 1.165) is 11.3 Å². The van der Waals surface area contributed by atoms with Gasteiger partial charge in [-0.2, -0.15) is 0 Å². The number of anilines is 1. The van der Waals surface area contributed by atoms with Gasteiger partial charge in [0, 0.05) is 36.2 Å². The molecule has 32 heavy (non-hydrogen) atoms. The van der Waals surface area contributed by atoms with Crippen molar-refractivity contribution in [2.75, 3.05) is 5.32 Å². The number of fused-ring (bicyclic) bond motifs is 2. The van der Waals surface area contributed by atoms with Crippen molar-refractivity contribution in [1.82, 2.24) is 25.0 Å². The maximum atomic E-state index is 12.8. The minimum Gasteiger partial charge on any atom is -0.437 e. The molecular formula is C22H21ClN6O3. The number of hydrogen-bond acceptors (Lipinski definition) is 7. The largest absolute Gasteiger partial charge is 0.437 e. The lowest BCUT2D eigenvalue weighted by Crippen LogP contribution is -2.18. The van der Waals surface area contributed by atoms with Crippen LogP contribution in [0.2, 0.25) is 5.02 Å². The van der Waals surface area contributed by atoms with Crippen molar-refractivity contribution in [3.05, 3.63) is 58.8 Å². The predicted molar refractivity (Wildman–Crippen MR) is 119 cm³/mol. The summed E-state index contributed by atoms with van der Waals surface area (Å²) in [5.74, 6) is 1.95. The second-order valence-electron chi connectivity index (χ2n) is 8.56. The van der Waals surface area contributed by atoms with Gasteiger partial charge in [-0.1, -0.05) is 37.5 Å². The molecule has 0 spiro atoms. The summed E-state index contributed by atoms with van der Waals surface area (Å²) >= 11 is 6.62. The van der Waals surface area contributed by atoms with Crippen LogP contribution >= 0.6 is 11.6 Å². The fraction of sp³-hybridized carbons (Fsp3) is 0.273. The zero-order valence-corrected chi connectivity index (χ0v) is 18.5. The minimum absolute atomic E-state index is 0.208. The Morgan fingerprint density at radius 1 is 1.25 bits per heavy atom. The number of rotatable bonds is 3. The number of aromatic nitrogens is 4. The molecule has 0 bridgehead atoms. The summed E-state index contributed by atoms with van der Waals surface area (Å²) in [4.78, 5) is 21.3. The summed E-state index contributed by atoms with van der Waals surface area (Å²) in [7, 11) is 0. The van der Waals surface area contributed by atoms with Crippen molar-refractivity contribution in [3.8, 4) is 11.6 Å². The maximum absolute atomic E-state index is 12.8. The average Bonchev–Trinajstić information content (AvgIpc) is 3.48. The van der Waals surface area contributed by atoms with E-state index in [1.807, 2.05) is 20.8 Å².